The molecule has 0 radical (unpaired) electrons. The van der Waals surface area contributed by atoms with Gasteiger partial charge in [-0.1, -0.05) is 36.8 Å². The molecule has 132 valence electrons. The van der Waals surface area contributed by atoms with E-state index in [2.05, 4.69) is 12.1 Å². The molecule has 1 aliphatic carbocycles. The summed E-state index contributed by atoms with van der Waals surface area (Å²) in [6, 6.07) is 17.9. The molecule has 0 spiro atoms. The number of hydrogen-bond acceptors (Lipinski definition) is 3. The average Bonchev–Trinajstić information content (AvgIpc) is 2.64. The lowest BCUT2D eigenvalue weighted by molar-refractivity contribution is -0.124. The van der Waals surface area contributed by atoms with Crippen LogP contribution in [0.2, 0.25) is 0 Å². The van der Waals surface area contributed by atoms with Crippen LogP contribution in [0, 0.1) is 5.92 Å². The normalized spacial score (nSPS) is 18.6. The van der Waals surface area contributed by atoms with Crippen LogP contribution in [-0.2, 0) is 11.2 Å². The number of Topliss-reactive ketones (excluding diaryl/α,β-unsaturated/α-hetero) is 1. The van der Waals surface area contributed by atoms with Crippen LogP contribution in [-0.4, -0.2) is 18.5 Å². The van der Waals surface area contributed by atoms with Gasteiger partial charge in [-0.15, -0.1) is 0 Å². The summed E-state index contributed by atoms with van der Waals surface area (Å²) >= 11 is 0. The molecule has 0 amide bonds. The first-order chi connectivity index (χ1) is 12.2. The van der Waals surface area contributed by atoms with Crippen LogP contribution in [0.3, 0.4) is 0 Å². The van der Waals surface area contributed by atoms with E-state index >= 15 is 0 Å². The molecule has 0 aromatic heterocycles. The number of carbonyl (C=O) groups is 1. The number of hydrogen-bond donors (Lipinski definition) is 0. The van der Waals surface area contributed by atoms with Gasteiger partial charge in [0.25, 0.3) is 0 Å². The molecule has 2 aromatic rings. The van der Waals surface area contributed by atoms with Crippen molar-refractivity contribution in [1.29, 1.82) is 0 Å². The zero-order valence-electron chi connectivity index (χ0n) is 14.8. The van der Waals surface area contributed by atoms with Crippen LogP contribution in [0.4, 0.5) is 0 Å². The SMILES string of the molecule is CC(COc1ccc(CC2CCCCC2=O)cc1)Oc1ccccc1. The molecule has 0 N–H and O–H groups in total. The van der Waals surface area contributed by atoms with E-state index in [1.165, 1.54) is 12.0 Å². The number of rotatable bonds is 7. The zero-order valence-corrected chi connectivity index (χ0v) is 14.8. The van der Waals surface area contributed by atoms with Gasteiger partial charge in [-0.2, -0.15) is 0 Å². The maximum atomic E-state index is 12.0. The lowest BCUT2D eigenvalue weighted by atomic mass is 9.84. The molecule has 1 saturated carbocycles. The summed E-state index contributed by atoms with van der Waals surface area (Å²) in [6.07, 6.45) is 4.85. The van der Waals surface area contributed by atoms with E-state index in [-0.39, 0.29) is 12.0 Å². The van der Waals surface area contributed by atoms with E-state index in [1.807, 2.05) is 49.4 Å². The Morgan fingerprint density at radius 2 is 1.76 bits per heavy atom. The molecule has 0 heterocycles. The molecular formula is C22H26O3. The minimum atomic E-state index is -0.0260. The van der Waals surface area contributed by atoms with Gasteiger partial charge >= 0.3 is 0 Å². The molecule has 0 aliphatic heterocycles. The smallest absolute Gasteiger partial charge is 0.136 e. The zero-order chi connectivity index (χ0) is 17.5. The fourth-order valence-corrected chi connectivity index (χ4v) is 3.26. The maximum Gasteiger partial charge on any atom is 0.136 e. The van der Waals surface area contributed by atoms with Gasteiger partial charge in [0, 0.05) is 12.3 Å². The van der Waals surface area contributed by atoms with Crippen LogP contribution >= 0.6 is 0 Å². The predicted octanol–water partition coefficient (Wildman–Crippen LogP) is 4.83. The molecule has 1 fully saturated rings. The third kappa shape index (κ3) is 5.35. The Morgan fingerprint density at radius 3 is 2.48 bits per heavy atom. The Balaban J connectivity index is 1.46. The van der Waals surface area contributed by atoms with Crippen molar-refractivity contribution in [2.45, 2.75) is 45.1 Å². The van der Waals surface area contributed by atoms with E-state index in [4.69, 9.17) is 9.47 Å². The van der Waals surface area contributed by atoms with Gasteiger partial charge in [-0.05, 0) is 56.0 Å². The Labute approximate surface area is 150 Å². The first kappa shape index (κ1) is 17.5. The molecule has 0 bridgehead atoms. The second kappa shape index (κ2) is 8.70. The van der Waals surface area contributed by atoms with Crippen molar-refractivity contribution in [3.8, 4) is 11.5 Å². The lowest BCUT2D eigenvalue weighted by Gasteiger charge is -2.20. The summed E-state index contributed by atoms with van der Waals surface area (Å²) < 4.78 is 11.6. The molecule has 2 atom stereocenters. The fraction of sp³-hybridized carbons (Fsp3) is 0.409. The van der Waals surface area contributed by atoms with Gasteiger partial charge in [0.15, 0.2) is 0 Å². The summed E-state index contributed by atoms with van der Waals surface area (Å²) in [4.78, 5) is 12.0. The highest BCUT2D eigenvalue weighted by Gasteiger charge is 2.22. The van der Waals surface area contributed by atoms with Crippen molar-refractivity contribution in [2.24, 2.45) is 5.92 Å². The van der Waals surface area contributed by atoms with E-state index in [0.29, 0.717) is 12.4 Å². The molecule has 3 rings (SSSR count). The molecule has 3 nitrogen and oxygen atoms in total. The Hall–Kier alpha value is -2.29. The Morgan fingerprint density at radius 1 is 1.00 bits per heavy atom. The topological polar surface area (TPSA) is 35.5 Å². The average molecular weight is 338 g/mol. The summed E-state index contributed by atoms with van der Waals surface area (Å²) in [6.45, 7) is 2.49. The quantitative estimate of drug-likeness (QED) is 0.725. The first-order valence-corrected chi connectivity index (χ1v) is 9.17. The second-order valence-electron chi connectivity index (χ2n) is 6.81. The van der Waals surface area contributed by atoms with Gasteiger partial charge < -0.3 is 9.47 Å². The van der Waals surface area contributed by atoms with Gasteiger partial charge in [0.05, 0.1) is 0 Å². The molecule has 0 saturated heterocycles. The number of ketones is 1. The van der Waals surface area contributed by atoms with E-state index in [9.17, 15) is 4.79 Å². The third-order valence-electron chi connectivity index (χ3n) is 4.65. The standard InChI is InChI=1S/C22H26O3/c1-17(25-21-8-3-2-4-9-21)16-24-20-13-11-18(12-14-20)15-19-7-5-6-10-22(19)23/h2-4,8-9,11-14,17,19H,5-7,10,15-16H2,1H3. The van der Waals surface area contributed by atoms with Gasteiger partial charge in [-0.3, -0.25) is 4.79 Å². The summed E-state index contributed by atoms with van der Waals surface area (Å²) in [7, 11) is 0. The summed E-state index contributed by atoms with van der Waals surface area (Å²) in [5.41, 5.74) is 1.21. The lowest BCUT2D eigenvalue weighted by Crippen LogP contribution is -2.21. The van der Waals surface area contributed by atoms with Crippen molar-refractivity contribution in [1.82, 2.24) is 0 Å². The Kier molecular flexibility index (Phi) is 6.10. The van der Waals surface area contributed by atoms with Crippen molar-refractivity contribution in [3.63, 3.8) is 0 Å². The second-order valence-corrected chi connectivity index (χ2v) is 6.81. The molecular weight excluding hydrogens is 312 g/mol. The third-order valence-corrected chi connectivity index (χ3v) is 4.65. The summed E-state index contributed by atoms with van der Waals surface area (Å²) in [5, 5.41) is 0. The molecule has 25 heavy (non-hydrogen) atoms. The fourth-order valence-electron chi connectivity index (χ4n) is 3.26. The minimum absolute atomic E-state index is 0.0260. The highest BCUT2D eigenvalue weighted by Crippen LogP contribution is 2.25. The van der Waals surface area contributed by atoms with E-state index < -0.39 is 0 Å². The monoisotopic (exact) mass is 338 g/mol. The van der Waals surface area contributed by atoms with E-state index in [1.54, 1.807) is 0 Å². The van der Waals surface area contributed by atoms with Crippen LogP contribution in [0.15, 0.2) is 54.6 Å². The predicted molar refractivity (Wildman–Crippen MR) is 99.1 cm³/mol. The number of carbonyl (C=O) groups excluding carboxylic acids is 1. The highest BCUT2D eigenvalue weighted by atomic mass is 16.5. The van der Waals surface area contributed by atoms with Gasteiger partial charge in [-0.25, -0.2) is 0 Å². The van der Waals surface area contributed by atoms with Crippen molar-refractivity contribution in [3.05, 3.63) is 60.2 Å². The number of benzene rings is 2. The maximum absolute atomic E-state index is 12.0. The number of para-hydroxylation sites is 1. The van der Waals surface area contributed by atoms with Crippen molar-refractivity contribution in [2.75, 3.05) is 6.61 Å². The Bertz CT molecular complexity index is 663. The number of ether oxygens (including phenoxy) is 2. The molecule has 2 unspecified atom stereocenters. The van der Waals surface area contributed by atoms with Crippen LogP contribution in [0.25, 0.3) is 0 Å². The molecule has 1 aliphatic rings. The van der Waals surface area contributed by atoms with Crippen molar-refractivity contribution >= 4 is 5.78 Å². The molecule has 2 aromatic carbocycles. The van der Waals surface area contributed by atoms with Crippen molar-refractivity contribution < 1.29 is 14.3 Å². The first-order valence-electron chi connectivity index (χ1n) is 9.17. The van der Waals surface area contributed by atoms with Crippen LogP contribution in [0.5, 0.6) is 11.5 Å². The molecule has 3 heteroatoms. The minimum Gasteiger partial charge on any atom is -0.490 e. The van der Waals surface area contributed by atoms with Crippen LogP contribution in [0.1, 0.15) is 38.2 Å². The van der Waals surface area contributed by atoms with Gasteiger partial charge in [0.2, 0.25) is 0 Å². The summed E-state index contributed by atoms with van der Waals surface area (Å²) in [5.74, 6) is 2.33. The largest absolute Gasteiger partial charge is 0.490 e. The van der Waals surface area contributed by atoms with Gasteiger partial charge in [0.1, 0.15) is 30.0 Å². The van der Waals surface area contributed by atoms with Crippen LogP contribution < -0.4 is 9.47 Å². The highest BCUT2D eigenvalue weighted by molar-refractivity contribution is 5.81. The van der Waals surface area contributed by atoms with E-state index in [0.717, 1.165) is 37.2 Å².